The fraction of sp³-hybridized carbons (Fsp3) is 0.160. The molecule has 3 rings (SSSR count). The van der Waals surface area contributed by atoms with Gasteiger partial charge in [-0.2, -0.15) is 5.48 Å². The monoisotopic (exact) mass is 417 g/mol. The normalized spacial score (nSPS) is 11.2. The Balaban J connectivity index is 1.58. The number of nitrogens with one attached hydrogen (secondary N) is 1. The Bertz CT molecular complexity index is 990. The maximum atomic E-state index is 12.7. The van der Waals surface area contributed by atoms with Crippen molar-refractivity contribution in [3.8, 4) is 0 Å². The second-order valence-corrected chi connectivity index (χ2v) is 6.90. The predicted molar refractivity (Wildman–Crippen MR) is 115 cm³/mol. The topological polar surface area (TPSA) is 81.7 Å². The lowest BCUT2D eigenvalue weighted by Crippen LogP contribution is -2.34. The van der Waals surface area contributed by atoms with Crippen molar-refractivity contribution in [1.82, 2.24) is 5.48 Å². The summed E-state index contributed by atoms with van der Waals surface area (Å²) >= 11 is 0. The molecule has 0 fully saturated rings. The molecule has 3 aromatic carbocycles. The number of benzene rings is 3. The van der Waals surface area contributed by atoms with E-state index in [1.54, 1.807) is 54.6 Å². The van der Waals surface area contributed by atoms with Crippen molar-refractivity contribution in [2.24, 2.45) is 5.92 Å². The van der Waals surface area contributed by atoms with Crippen LogP contribution in [0.5, 0.6) is 0 Å². The van der Waals surface area contributed by atoms with Crippen LogP contribution in [0.15, 0.2) is 91.0 Å². The molecule has 0 heterocycles. The van der Waals surface area contributed by atoms with E-state index < -0.39 is 23.8 Å². The summed E-state index contributed by atoms with van der Waals surface area (Å²) in [5, 5.41) is 0. The zero-order valence-electron chi connectivity index (χ0n) is 16.9. The largest absolute Gasteiger partial charge is 0.462 e. The Labute approximate surface area is 180 Å². The van der Waals surface area contributed by atoms with E-state index in [0.717, 1.165) is 5.56 Å². The van der Waals surface area contributed by atoms with Gasteiger partial charge in [-0.1, -0.05) is 66.7 Å². The first kappa shape index (κ1) is 21.8. The molecule has 1 atom stereocenters. The smallest absolute Gasteiger partial charge is 0.362 e. The molecule has 158 valence electrons. The van der Waals surface area contributed by atoms with Crippen LogP contribution >= 0.6 is 0 Å². The first-order valence-corrected chi connectivity index (χ1v) is 9.95. The maximum Gasteiger partial charge on any atom is 0.362 e. The van der Waals surface area contributed by atoms with E-state index >= 15 is 0 Å². The molecule has 1 unspecified atom stereocenters. The number of carbonyl (C=O) groups excluding carboxylic acids is 3. The summed E-state index contributed by atoms with van der Waals surface area (Å²) in [5.41, 5.74) is 3.97. The van der Waals surface area contributed by atoms with E-state index in [2.05, 4.69) is 5.48 Å². The quantitative estimate of drug-likeness (QED) is 0.443. The second kappa shape index (κ2) is 11.3. The average Bonchev–Trinajstić information content (AvgIpc) is 2.83. The molecule has 31 heavy (non-hydrogen) atoms. The van der Waals surface area contributed by atoms with Crippen molar-refractivity contribution in [1.29, 1.82) is 0 Å². The molecule has 1 amide bonds. The Morgan fingerprint density at radius 2 is 1.23 bits per heavy atom. The van der Waals surface area contributed by atoms with Gasteiger partial charge in [-0.05, 0) is 42.7 Å². The minimum absolute atomic E-state index is 0.0608. The van der Waals surface area contributed by atoms with Crippen LogP contribution in [0.2, 0.25) is 0 Å². The zero-order chi connectivity index (χ0) is 21.9. The van der Waals surface area contributed by atoms with Crippen LogP contribution < -0.4 is 5.48 Å². The number of amides is 1. The number of ether oxygens (including phenoxy) is 1. The highest BCUT2D eigenvalue weighted by Crippen LogP contribution is 2.14. The van der Waals surface area contributed by atoms with Crippen molar-refractivity contribution in [3.63, 3.8) is 0 Å². The summed E-state index contributed by atoms with van der Waals surface area (Å²) in [6.45, 7) is 0.0608. The third-order valence-corrected chi connectivity index (χ3v) is 4.66. The van der Waals surface area contributed by atoms with E-state index in [0.29, 0.717) is 17.5 Å². The summed E-state index contributed by atoms with van der Waals surface area (Å²) in [7, 11) is 0. The molecular weight excluding hydrogens is 394 g/mol. The molecule has 1 N–H and O–H groups in total. The van der Waals surface area contributed by atoms with Gasteiger partial charge in [0.25, 0.3) is 5.91 Å². The second-order valence-electron chi connectivity index (χ2n) is 6.90. The van der Waals surface area contributed by atoms with Crippen molar-refractivity contribution in [2.75, 3.05) is 6.61 Å². The highest BCUT2D eigenvalue weighted by molar-refractivity contribution is 5.90. The van der Waals surface area contributed by atoms with E-state index in [4.69, 9.17) is 9.57 Å². The maximum absolute atomic E-state index is 12.7. The molecule has 0 aliphatic rings. The summed E-state index contributed by atoms with van der Waals surface area (Å²) in [6, 6.07) is 26.5. The standard InChI is InChI=1S/C25H23NO5/c27-23(26-31-25(29)21-14-8-3-9-15-21)22(18-19-10-4-1-5-11-19)16-17-30-24(28)20-12-6-2-7-13-20/h1-15,22H,16-18H2,(H,26,27). The van der Waals surface area contributed by atoms with Gasteiger partial charge in [-0.25, -0.2) is 9.59 Å². The lowest BCUT2D eigenvalue weighted by Gasteiger charge is -2.17. The van der Waals surface area contributed by atoms with Gasteiger partial charge in [0.1, 0.15) is 0 Å². The highest BCUT2D eigenvalue weighted by Gasteiger charge is 2.22. The van der Waals surface area contributed by atoms with Gasteiger partial charge >= 0.3 is 11.9 Å². The van der Waals surface area contributed by atoms with Crippen molar-refractivity contribution < 1.29 is 24.0 Å². The summed E-state index contributed by atoms with van der Waals surface area (Å²) < 4.78 is 5.31. The van der Waals surface area contributed by atoms with E-state index in [-0.39, 0.29) is 13.0 Å². The molecule has 0 saturated carbocycles. The minimum atomic E-state index is -0.650. The lowest BCUT2D eigenvalue weighted by molar-refractivity contribution is -0.134. The van der Waals surface area contributed by atoms with Crippen LogP contribution in [0.1, 0.15) is 32.7 Å². The van der Waals surface area contributed by atoms with Crippen LogP contribution in [0.3, 0.4) is 0 Å². The van der Waals surface area contributed by atoms with E-state index in [1.165, 1.54) is 0 Å². The molecule has 6 heteroatoms. The van der Waals surface area contributed by atoms with Gasteiger partial charge in [-0.3, -0.25) is 4.79 Å². The Kier molecular flexibility index (Phi) is 7.94. The SMILES string of the molecule is O=C(OCCC(Cc1ccccc1)C(=O)NOC(=O)c1ccccc1)c1ccccc1. The Hall–Kier alpha value is -3.93. The summed E-state index contributed by atoms with van der Waals surface area (Å²) in [6.07, 6.45) is 0.695. The molecular formula is C25H23NO5. The molecule has 0 radical (unpaired) electrons. The van der Waals surface area contributed by atoms with Gasteiger partial charge in [-0.15, -0.1) is 0 Å². The predicted octanol–water partition coefficient (Wildman–Crippen LogP) is 3.98. The van der Waals surface area contributed by atoms with Gasteiger partial charge in [0, 0.05) is 5.92 Å². The summed E-state index contributed by atoms with van der Waals surface area (Å²) in [4.78, 5) is 41.9. The number of rotatable bonds is 8. The average molecular weight is 417 g/mol. The Morgan fingerprint density at radius 1 is 0.710 bits per heavy atom. The minimum Gasteiger partial charge on any atom is -0.462 e. The van der Waals surface area contributed by atoms with E-state index in [1.807, 2.05) is 36.4 Å². The molecule has 3 aromatic rings. The Morgan fingerprint density at radius 3 is 1.81 bits per heavy atom. The van der Waals surface area contributed by atoms with E-state index in [9.17, 15) is 14.4 Å². The van der Waals surface area contributed by atoms with Gasteiger partial charge in [0.05, 0.1) is 17.7 Å². The van der Waals surface area contributed by atoms with Crippen molar-refractivity contribution >= 4 is 17.8 Å². The number of hydroxylamine groups is 1. The van der Waals surface area contributed by atoms with Gasteiger partial charge in [0.15, 0.2) is 0 Å². The lowest BCUT2D eigenvalue weighted by atomic mass is 9.96. The first-order chi connectivity index (χ1) is 15.1. The van der Waals surface area contributed by atoms with Crippen molar-refractivity contribution in [3.05, 3.63) is 108 Å². The third kappa shape index (κ3) is 6.82. The summed E-state index contributed by atoms with van der Waals surface area (Å²) in [5.74, 6) is -2.10. The molecule has 0 aromatic heterocycles. The van der Waals surface area contributed by atoms with Crippen LogP contribution in [0, 0.1) is 5.92 Å². The zero-order valence-corrected chi connectivity index (χ0v) is 16.9. The number of hydrogen-bond donors (Lipinski definition) is 1. The molecule has 0 aliphatic heterocycles. The third-order valence-electron chi connectivity index (χ3n) is 4.66. The number of esters is 1. The van der Waals surface area contributed by atoms with Gasteiger partial charge < -0.3 is 9.57 Å². The molecule has 0 aliphatic carbocycles. The molecule has 0 saturated heterocycles. The molecule has 0 bridgehead atoms. The fourth-order valence-electron chi connectivity index (χ4n) is 2.99. The highest BCUT2D eigenvalue weighted by atomic mass is 16.7. The fourth-order valence-corrected chi connectivity index (χ4v) is 2.99. The van der Waals surface area contributed by atoms with Crippen molar-refractivity contribution in [2.45, 2.75) is 12.8 Å². The van der Waals surface area contributed by atoms with Crippen LogP contribution in [-0.4, -0.2) is 24.5 Å². The van der Waals surface area contributed by atoms with Crippen LogP contribution in [-0.2, 0) is 20.8 Å². The molecule has 0 spiro atoms. The first-order valence-electron chi connectivity index (χ1n) is 9.95. The number of hydrogen-bond acceptors (Lipinski definition) is 5. The van der Waals surface area contributed by atoms with Crippen LogP contribution in [0.4, 0.5) is 0 Å². The number of carbonyl (C=O) groups is 3. The molecule has 6 nitrogen and oxygen atoms in total. The van der Waals surface area contributed by atoms with Crippen LogP contribution in [0.25, 0.3) is 0 Å². The van der Waals surface area contributed by atoms with Gasteiger partial charge in [0.2, 0.25) is 0 Å².